The third-order valence-corrected chi connectivity index (χ3v) is 4.44. The highest BCUT2D eigenvalue weighted by Crippen LogP contribution is 2.36. The Morgan fingerprint density at radius 1 is 1.27 bits per heavy atom. The van der Waals surface area contributed by atoms with Crippen molar-refractivity contribution in [1.29, 1.82) is 0 Å². The minimum absolute atomic E-state index is 0.0722. The standard InChI is InChI=1S/C19H27NO2/c1-8-14-12(4)20(11(2)3)17-15(14)9-13(19(5,6)7)10-16(17)18(21)22/h9-11H,8H2,1-7H3,(H,21,22). The van der Waals surface area contributed by atoms with E-state index in [9.17, 15) is 9.90 Å². The zero-order valence-corrected chi connectivity index (χ0v) is 14.7. The van der Waals surface area contributed by atoms with Gasteiger partial charge in [-0.15, -0.1) is 0 Å². The lowest BCUT2D eigenvalue weighted by Gasteiger charge is -2.21. The van der Waals surface area contributed by atoms with E-state index in [2.05, 4.69) is 59.1 Å². The molecule has 2 aromatic rings. The zero-order chi connectivity index (χ0) is 16.8. The second-order valence-electron chi connectivity index (χ2n) is 7.36. The Labute approximate surface area is 133 Å². The van der Waals surface area contributed by atoms with Crippen LogP contribution in [0, 0.1) is 6.92 Å². The number of carbonyl (C=O) groups is 1. The van der Waals surface area contributed by atoms with E-state index in [0.717, 1.165) is 22.9 Å². The van der Waals surface area contributed by atoms with Gasteiger partial charge < -0.3 is 9.67 Å². The van der Waals surface area contributed by atoms with Gasteiger partial charge in [0.15, 0.2) is 0 Å². The molecule has 0 amide bonds. The summed E-state index contributed by atoms with van der Waals surface area (Å²) >= 11 is 0. The van der Waals surface area contributed by atoms with Gasteiger partial charge in [0.1, 0.15) is 0 Å². The van der Waals surface area contributed by atoms with Crippen molar-refractivity contribution in [2.24, 2.45) is 0 Å². The van der Waals surface area contributed by atoms with Gasteiger partial charge in [-0.25, -0.2) is 4.79 Å². The summed E-state index contributed by atoms with van der Waals surface area (Å²) in [7, 11) is 0. The van der Waals surface area contributed by atoms with Gasteiger partial charge in [-0.1, -0.05) is 27.7 Å². The van der Waals surface area contributed by atoms with E-state index >= 15 is 0 Å². The monoisotopic (exact) mass is 301 g/mol. The molecule has 0 spiro atoms. The Bertz CT molecular complexity index is 730. The molecule has 22 heavy (non-hydrogen) atoms. The molecule has 0 aliphatic rings. The number of benzene rings is 1. The minimum Gasteiger partial charge on any atom is -0.478 e. The molecule has 0 atom stereocenters. The van der Waals surface area contributed by atoms with Crippen LogP contribution in [0.25, 0.3) is 10.9 Å². The molecular formula is C19H27NO2. The van der Waals surface area contributed by atoms with E-state index in [-0.39, 0.29) is 11.5 Å². The van der Waals surface area contributed by atoms with Crippen LogP contribution in [0.3, 0.4) is 0 Å². The van der Waals surface area contributed by atoms with Gasteiger partial charge in [-0.2, -0.15) is 0 Å². The first-order valence-corrected chi connectivity index (χ1v) is 8.00. The molecule has 0 bridgehead atoms. The molecule has 3 nitrogen and oxygen atoms in total. The molecule has 0 saturated heterocycles. The van der Waals surface area contributed by atoms with Crippen molar-refractivity contribution in [2.45, 2.75) is 66.3 Å². The molecule has 1 N–H and O–H groups in total. The average Bonchev–Trinajstić information content (AvgIpc) is 2.67. The molecule has 0 saturated carbocycles. The number of aromatic carboxylic acids is 1. The topological polar surface area (TPSA) is 42.2 Å². The summed E-state index contributed by atoms with van der Waals surface area (Å²) in [5.74, 6) is -0.849. The number of rotatable bonds is 3. The summed E-state index contributed by atoms with van der Waals surface area (Å²) in [6, 6.07) is 4.27. The second-order valence-corrected chi connectivity index (χ2v) is 7.36. The van der Waals surface area contributed by atoms with Crippen molar-refractivity contribution in [3.05, 3.63) is 34.5 Å². The summed E-state index contributed by atoms with van der Waals surface area (Å²) in [6.45, 7) is 14.8. The fourth-order valence-electron chi connectivity index (χ4n) is 3.32. The van der Waals surface area contributed by atoms with Crippen molar-refractivity contribution in [1.82, 2.24) is 4.57 Å². The Morgan fingerprint density at radius 2 is 1.86 bits per heavy atom. The molecule has 0 unspecified atom stereocenters. The first kappa shape index (κ1) is 16.6. The smallest absolute Gasteiger partial charge is 0.337 e. The van der Waals surface area contributed by atoms with Gasteiger partial charge in [0.05, 0.1) is 11.1 Å². The number of fused-ring (bicyclic) bond motifs is 1. The molecule has 0 radical (unpaired) electrons. The van der Waals surface area contributed by atoms with Crippen LogP contribution in [0.5, 0.6) is 0 Å². The Balaban J connectivity index is 3.02. The van der Waals surface area contributed by atoms with E-state index in [0.29, 0.717) is 5.56 Å². The van der Waals surface area contributed by atoms with Gasteiger partial charge >= 0.3 is 5.97 Å². The lowest BCUT2D eigenvalue weighted by molar-refractivity contribution is 0.0698. The molecule has 120 valence electrons. The number of carboxylic acid groups (broad SMARTS) is 1. The maximum absolute atomic E-state index is 11.9. The van der Waals surface area contributed by atoms with E-state index in [4.69, 9.17) is 0 Å². The van der Waals surface area contributed by atoms with E-state index in [1.54, 1.807) is 0 Å². The van der Waals surface area contributed by atoms with Gasteiger partial charge in [0, 0.05) is 17.1 Å². The maximum Gasteiger partial charge on any atom is 0.337 e. The van der Waals surface area contributed by atoms with Gasteiger partial charge in [-0.05, 0) is 55.9 Å². The molecule has 2 rings (SSSR count). The third kappa shape index (κ3) is 2.53. The Hall–Kier alpha value is -1.77. The first-order valence-electron chi connectivity index (χ1n) is 8.00. The fourth-order valence-corrected chi connectivity index (χ4v) is 3.32. The quantitative estimate of drug-likeness (QED) is 0.858. The second kappa shape index (κ2) is 5.45. The minimum atomic E-state index is -0.849. The molecule has 0 aliphatic heterocycles. The van der Waals surface area contributed by atoms with Gasteiger partial charge in [0.2, 0.25) is 0 Å². The molecule has 3 heteroatoms. The number of aryl methyl sites for hydroxylation is 1. The first-order chi connectivity index (χ1) is 10.1. The zero-order valence-electron chi connectivity index (χ0n) is 14.7. The van der Waals surface area contributed by atoms with Crippen molar-refractivity contribution in [3.8, 4) is 0 Å². The lowest BCUT2D eigenvalue weighted by atomic mass is 9.84. The number of hydrogen-bond acceptors (Lipinski definition) is 1. The largest absolute Gasteiger partial charge is 0.478 e. The van der Waals surface area contributed by atoms with E-state index in [1.165, 1.54) is 11.3 Å². The lowest BCUT2D eigenvalue weighted by Crippen LogP contribution is -2.14. The van der Waals surface area contributed by atoms with Gasteiger partial charge in [0.25, 0.3) is 0 Å². The van der Waals surface area contributed by atoms with Crippen LogP contribution in [0.15, 0.2) is 12.1 Å². The van der Waals surface area contributed by atoms with Crippen molar-refractivity contribution in [2.75, 3.05) is 0 Å². The maximum atomic E-state index is 11.9. The molecule has 1 heterocycles. The average molecular weight is 301 g/mol. The SMILES string of the molecule is CCc1c(C)n(C(C)C)c2c(C(=O)O)cc(C(C)(C)C)cc12. The summed E-state index contributed by atoms with van der Waals surface area (Å²) in [5, 5.41) is 10.8. The van der Waals surface area contributed by atoms with Crippen LogP contribution in [-0.4, -0.2) is 15.6 Å². The molecule has 0 aliphatic carbocycles. The molecule has 1 aromatic carbocycles. The van der Waals surface area contributed by atoms with Crippen molar-refractivity contribution in [3.63, 3.8) is 0 Å². The Kier molecular flexibility index (Phi) is 4.12. The Morgan fingerprint density at radius 3 is 2.27 bits per heavy atom. The molecule has 1 aromatic heterocycles. The summed E-state index contributed by atoms with van der Waals surface area (Å²) < 4.78 is 2.17. The highest BCUT2D eigenvalue weighted by Gasteiger charge is 2.24. The van der Waals surface area contributed by atoms with E-state index in [1.807, 2.05) is 6.07 Å². The third-order valence-electron chi connectivity index (χ3n) is 4.44. The fraction of sp³-hybridized carbons (Fsp3) is 0.526. The van der Waals surface area contributed by atoms with Crippen LogP contribution in [0.4, 0.5) is 0 Å². The van der Waals surface area contributed by atoms with Crippen LogP contribution < -0.4 is 0 Å². The van der Waals surface area contributed by atoms with Crippen LogP contribution in [-0.2, 0) is 11.8 Å². The number of carboxylic acids is 1. The summed E-state index contributed by atoms with van der Waals surface area (Å²) in [6.07, 6.45) is 0.911. The van der Waals surface area contributed by atoms with Crippen LogP contribution in [0.1, 0.15) is 74.8 Å². The normalized spacial score (nSPS) is 12.4. The van der Waals surface area contributed by atoms with E-state index < -0.39 is 5.97 Å². The predicted molar refractivity (Wildman–Crippen MR) is 92.1 cm³/mol. The van der Waals surface area contributed by atoms with Gasteiger partial charge in [-0.3, -0.25) is 0 Å². The van der Waals surface area contributed by atoms with Crippen molar-refractivity contribution < 1.29 is 9.90 Å². The van der Waals surface area contributed by atoms with Crippen LogP contribution >= 0.6 is 0 Å². The number of nitrogens with zero attached hydrogens (tertiary/aromatic N) is 1. The molecular weight excluding hydrogens is 274 g/mol. The predicted octanol–water partition coefficient (Wildman–Crippen LogP) is 5.09. The summed E-state index contributed by atoms with van der Waals surface area (Å²) in [4.78, 5) is 11.9. The van der Waals surface area contributed by atoms with Crippen molar-refractivity contribution >= 4 is 16.9 Å². The number of hydrogen-bond donors (Lipinski definition) is 1. The highest BCUT2D eigenvalue weighted by molar-refractivity contribution is 6.04. The number of aromatic nitrogens is 1. The highest BCUT2D eigenvalue weighted by atomic mass is 16.4. The van der Waals surface area contributed by atoms with Crippen LogP contribution in [0.2, 0.25) is 0 Å². The molecule has 0 fully saturated rings. The summed E-state index contributed by atoms with van der Waals surface area (Å²) in [5.41, 5.74) is 4.73.